The molecule has 0 unspecified atom stereocenters. The van der Waals surface area contributed by atoms with E-state index in [4.69, 9.17) is 0 Å². The fraction of sp³-hybridized carbons (Fsp3) is 0.800. The molecule has 4 bridgehead atoms. The molecule has 18 heavy (non-hydrogen) atoms. The van der Waals surface area contributed by atoms with Crippen LogP contribution in [0, 0.1) is 23.2 Å². The van der Waals surface area contributed by atoms with E-state index in [1.807, 2.05) is 6.20 Å². The van der Waals surface area contributed by atoms with E-state index in [0.717, 1.165) is 24.3 Å². The molecule has 1 heterocycles. The molecule has 0 radical (unpaired) electrons. The summed E-state index contributed by atoms with van der Waals surface area (Å²) in [4.78, 5) is 7.24. The van der Waals surface area contributed by atoms with Crippen molar-refractivity contribution in [2.45, 2.75) is 45.1 Å². The molecule has 3 nitrogen and oxygen atoms in total. The van der Waals surface area contributed by atoms with Gasteiger partial charge >= 0.3 is 0 Å². The Hall–Kier alpha value is -0.830. The highest BCUT2D eigenvalue weighted by atomic mass is 14.9. The van der Waals surface area contributed by atoms with E-state index in [-0.39, 0.29) is 0 Å². The lowest BCUT2D eigenvalue weighted by Crippen LogP contribution is -2.50. The van der Waals surface area contributed by atoms with Gasteiger partial charge in [0.25, 0.3) is 0 Å². The number of hydrogen-bond acceptors (Lipinski definition) is 2. The van der Waals surface area contributed by atoms with Crippen LogP contribution in [0.3, 0.4) is 0 Å². The van der Waals surface area contributed by atoms with Crippen LogP contribution in [0.15, 0.2) is 12.5 Å². The Kier molecular flexibility index (Phi) is 2.51. The van der Waals surface area contributed by atoms with Crippen molar-refractivity contribution in [3.05, 3.63) is 18.2 Å². The van der Waals surface area contributed by atoms with Gasteiger partial charge in [-0.25, -0.2) is 4.98 Å². The molecular formula is C15H23N3. The van der Waals surface area contributed by atoms with Gasteiger partial charge in [-0.3, -0.25) is 0 Å². The molecule has 1 aromatic heterocycles. The molecule has 4 aliphatic rings. The predicted octanol–water partition coefficient (Wildman–Crippen LogP) is 2.72. The number of rotatable bonds is 4. The van der Waals surface area contributed by atoms with Gasteiger partial charge < -0.3 is 10.3 Å². The normalized spacial score (nSPS) is 41.4. The number of aromatic amines is 1. The maximum atomic E-state index is 4.07. The summed E-state index contributed by atoms with van der Waals surface area (Å²) in [5, 5.41) is 3.67. The Morgan fingerprint density at radius 2 is 1.83 bits per heavy atom. The van der Waals surface area contributed by atoms with Crippen LogP contribution in [0.5, 0.6) is 0 Å². The van der Waals surface area contributed by atoms with Crippen LogP contribution in [0.1, 0.15) is 44.2 Å². The summed E-state index contributed by atoms with van der Waals surface area (Å²) in [6, 6.07) is 0. The number of nitrogens with zero attached hydrogens (tertiary/aromatic N) is 1. The lowest BCUT2D eigenvalue weighted by molar-refractivity contribution is -0.0514. The van der Waals surface area contributed by atoms with Crippen LogP contribution in [0.4, 0.5) is 0 Å². The summed E-state index contributed by atoms with van der Waals surface area (Å²) < 4.78 is 0. The SMILES string of the molecule is c1ncc(CNCC23CC4CC(CC(C4)C2)C3)[nH]1. The summed E-state index contributed by atoms with van der Waals surface area (Å²) in [6.45, 7) is 2.16. The minimum absolute atomic E-state index is 0.648. The monoisotopic (exact) mass is 245 g/mol. The molecule has 0 aliphatic heterocycles. The molecule has 0 spiro atoms. The molecule has 0 saturated heterocycles. The number of H-pyrrole nitrogens is 1. The highest BCUT2D eigenvalue weighted by molar-refractivity contribution is 5.03. The van der Waals surface area contributed by atoms with Gasteiger partial charge in [-0.15, -0.1) is 0 Å². The molecule has 1 aromatic rings. The summed E-state index contributed by atoms with van der Waals surface area (Å²) in [7, 11) is 0. The van der Waals surface area contributed by atoms with Crippen molar-refractivity contribution in [1.29, 1.82) is 0 Å². The highest BCUT2D eigenvalue weighted by Gasteiger charge is 2.50. The first kappa shape index (κ1) is 11.0. The first-order valence-electron chi connectivity index (χ1n) is 7.49. The second-order valence-corrected chi connectivity index (χ2v) is 7.10. The number of hydrogen-bond donors (Lipinski definition) is 2. The van der Waals surface area contributed by atoms with Gasteiger partial charge in [0.1, 0.15) is 0 Å². The minimum atomic E-state index is 0.648. The van der Waals surface area contributed by atoms with Crippen molar-refractivity contribution in [1.82, 2.24) is 15.3 Å². The summed E-state index contributed by atoms with van der Waals surface area (Å²) >= 11 is 0. The van der Waals surface area contributed by atoms with E-state index in [1.165, 1.54) is 31.5 Å². The van der Waals surface area contributed by atoms with Gasteiger partial charge in [0.15, 0.2) is 0 Å². The molecule has 98 valence electrons. The Morgan fingerprint density at radius 3 is 2.39 bits per heavy atom. The van der Waals surface area contributed by atoms with Crippen LogP contribution < -0.4 is 5.32 Å². The third-order valence-electron chi connectivity index (χ3n) is 5.54. The second-order valence-electron chi connectivity index (χ2n) is 7.10. The van der Waals surface area contributed by atoms with Gasteiger partial charge in [0, 0.05) is 25.0 Å². The quantitative estimate of drug-likeness (QED) is 0.856. The number of nitrogens with one attached hydrogen (secondary N) is 2. The standard InChI is InChI=1S/C15H23N3/c1-11-2-13-3-12(1)5-15(4-11,6-13)9-16-7-14-8-17-10-18-14/h8,10-13,16H,1-7,9H2,(H,17,18). The van der Waals surface area contributed by atoms with E-state index >= 15 is 0 Å². The fourth-order valence-corrected chi connectivity index (χ4v) is 5.35. The average Bonchev–Trinajstić information content (AvgIpc) is 2.79. The van der Waals surface area contributed by atoms with Crippen LogP contribution in [0.2, 0.25) is 0 Å². The van der Waals surface area contributed by atoms with Crippen LogP contribution in [-0.4, -0.2) is 16.5 Å². The summed E-state index contributed by atoms with van der Waals surface area (Å²) in [5.74, 6) is 3.18. The van der Waals surface area contributed by atoms with Gasteiger partial charge in [-0.2, -0.15) is 0 Å². The topological polar surface area (TPSA) is 40.7 Å². The Bertz CT molecular complexity index is 374. The smallest absolute Gasteiger partial charge is 0.0922 e. The minimum Gasteiger partial charge on any atom is -0.347 e. The average molecular weight is 245 g/mol. The van der Waals surface area contributed by atoms with Crippen LogP contribution in [-0.2, 0) is 6.54 Å². The third-order valence-corrected chi connectivity index (χ3v) is 5.54. The molecule has 3 heteroatoms. The Labute approximate surface area is 109 Å². The molecule has 2 N–H and O–H groups in total. The van der Waals surface area contributed by atoms with Crippen LogP contribution in [0.25, 0.3) is 0 Å². The first-order chi connectivity index (χ1) is 8.81. The fourth-order valence-electron chi connectivity index (χ4n) is 5.35. The molecule has 0 atom stereocenters. The zero-order chi connectivity index (χ0) is 12.0. The lowest BCUT2D eigenvalue weighted by atomic mass is 9.49. The molecule has 0 amide bonds. The molecule has 5 rings (SSSR count). The molecule has 4 aliphatic carbocycles. The number of imidazole rings is 1. The van der Waals surface area contributed by atoms with Gasteiger partial charge in [-0.1, -0.05) is 0 Å². The van der Waals surface area contributed by atoms with Gasteiger partial charge in [-0.05, 0) is 61.7 Å². The lowest BCUT2D eigenvalue weighted by Gasteiger charge is -2.57. The largest absolute Gasteiger partial charge is 0.347 e. The first-order valence-corrected chi connectivity index (χ1v) is 7.49. The molecular weight excluding hydrogens is 222 g/mol. The van der Waals surface area contributed by atoms with E-state index in [0.29, 0.717) is 5.41 Å². The second kappa shape index (κ2) is 4.09. The molecule has 4 fully saturated rings. The zero-order valence-electron chi connectivity index (χ0n) is 11.0. The van der Waals surface area contributed by atoms with Crippen molar-refractivity contribution in [3.8, 4) is 0 Å². The van der Waals surface area contributed by atoms with Crippen LogP contribution >= 0.6 is 0 Å². The van der Waals surface area contributed by atoms with E-state index in [2.05, 4.69) is 15.3 Å². The maximum Gasteiger partial charge on any atom is 0.0922 e. The van der Waals surface area contributed by atoms with Crippen molar-refractivity contribution < 1.29 is 0 Å². The molecule has 4 saturated carbocycles. The summed E-state index contributed by atoms with van der Waals surface area (Å²) in [6.07, 6.45) is 12.8. The predicted molar refractivity (Wildman–Crippen MR) is 70.9 cm³/mol. The van der Waals surface area contributed by atoms with Gasteiger partial charge in [0.2, 0.25) is 0 Å². The van der Waals surface area contributed by atoms with Crippen molar-refractivity contribution >= 4 is 0 Å². The third kappa shape index (κ3) is 1.89. The van der Waals surface area contributed by atoms with Gasteiger partial charge in [0.05, 0.1) is 6.33 Å². The highest BCUT2D eigenvalue weighted by Crippen LogP contribution is 2.59. The maximum absolute atomic E-state index is 4.07. The van der Waals surface area contributed by atoms with Crippen molar-refractivity contribution in [2.24, 2.45) is 23.2 Å². The van der Waals surface area contributed by atoms with Crippen molar-refractivity contribution in [2.75, 3.05) is 6.54 Å². The van der Waals surface area contributed by atoms with E-state index in [1.54, 1.807) is 25.6 Å². The molecule has 0 aromatic carbocycles. The van der Waals surface area contributed by atoms with Crippen molar-refractivity contribution in [3.63, 3.8) is 0 Å². The van der Waals surface area contributed by atoms with E-state index in [9.17, 15) is 0 Å². The van der Waals surface area contributed by atoms with E-state index < -0.39 is 0 Å². The zero-order valence-corrected chi connectivity index (χ0v) is 11.0. The number of aromatic nitrogens is 2. The Morgan fingerprint density at radius 1 is 1.17 bits per heavy atom. The Balaban J connectivity index is 1.39. The summed E-state index contributed by atoms with van der Waals surface area (Å²) in [5.41, 5.74) is 1.86.